The zero-order valence-electron chi connectivity index (χ0n) is 13.5. The topological polar surface area (TPSA) is 75.3 Å². The number of hydrogen-bond acceptors (Lipinski definition) is 3. The maximum Gasteiger partial charge on any atom is 0.256 e. The number of hydrogen-bond donors (Lipinski definition) is 2. The molecule has 3 aromatic rings. The summed E-state index contributed by atoms with van der Waals surface area (Å²) >= 11 is 0. The molecule has 0 spiro atoms. The predicted molar refractivity (Wildman–Crippen MR) is 97.1 cm³/mol. The van der Waals surface area contributed by atoms with E-state index in [2.05, 4.69) is 10.0 Å². The van der Waals surface area contributed by atoms with Gasteiger partial charge in [0.1, 0.15) is 0 Å². The van der Waals surface area contributed by atoms with Gasteiger partial charge in [-0.25, -0.2) is 13.1 Å². The maximum atomic E-state index is 12.5. The fourth-order valence-electron chi connectivity index (χ4n) is 3.08. The van der Waals surface area contributed by atoms with E-state index >= 15 is 0 Å². The minimum atomic E-state index is -3.59. The molecule has 0 atom stereocenters. The molecule has 0 aliphatic carbocycles. The number of nitrogens with one attached hydrogen (secondary N) is 2. The molecule has 126 valence electrons. The summed E-state index contributed by atoms with van der Waals surface area (Å²) in [6.45, 7) is 2.07. The van der Waals surface area contributed by atoms with Crippen molar-refractivity contribution >= 4 is 32.4 Å². The summed E-state index contributed by atoms with van der Waals surface area (Å²) < 4.78 is 27.6. The van der Waals surface area contributed by atoms with Crippen molar-refractivity contribution in [2.24, 2.45) is 0 Å². The second-order valence-electron chi connectivity index (χ2n) is 6.09. The highest BCUT2D eigenvalue weighted by atomic mass is 32.2. The van der Waals surface area contributed by atoms with Gasteiger partial charge in [-0.05, 0) is 42.1 Å². The molecule has 2 N–H and O–H groups in total. The predicted octanol–water partition coefficient (Wildman–Crippen LogP) is 3.19. The summed E-state index contributed by atoms with van der Waals surface area (Å²) in [5.41, 5.74) is 3.22. The van der Waals surface area contributed by atoms with E-state index in [-0.39, 0.29) is 17.3 Å². The van der Waals surface area contributed by atoms with Gasteiger partial charge in [-0.2, -0.15) is 0 Å². The van der Waals surface area contributed by atoms with Crippen molar-refractivity contribution < 1.29 is 13.2 Å². The minimum absolute atomic E-state index is 0.127. The third-order valence-electron chi connectivity index (χ3n) is 4.41. The van der Waals surface area contributed by atoms with Gasteiger partial charge in [0.15, 0.2) is 0 Å². The number of carbonyl (C=O) groups excluding carboxylic acids is 1. The molecule has 5 nitrogen and oxygen atoms in total. The number of carbonyl (C=O) groups is 1. The molecule has 1 aliphatic heterocycles. The van der Waals surface area contributed by atoms with Crippen LogP contribution < -0.4 is 10.0 Å². The largest absolute Gasteiger partial charge is 0.321 e. The molecule has 1 heterocycles. The van der Waals surface area contributed by atoms with Crippen LogP contribution in [0.3, 0.4) is 0 Å². The van der Waals surface area contributed by atoms with Crippen LogP contribution in [0.15, 0.2) is 59.5 Å². The SMILES string of the molecule is Cc1ccc(S(=O)(=O)NCc2ccc3c4c(cccc24)C(=O)N3)cc1. The third-order valence-corrected chi connectivity index (χ3v) is 5.82. The van der Waals surface area contributed by atoms with Crippen molar-refractivity contribution in [3.05, 3.63) is 71.3 Å². The van der Waals surface area contributed by atoms with E-state index in [1.165, 1.54) is 0 Å². The normalized spacial score (nSPS) is 13.2. The van der Waals surface area contributed by atoms with Crippen molar-refractivity contribution in [2.75, 3.05) is 5.32 Å². The molecule has 0 bridgehead atoms. The molecule has 6 heteroatoms. The van der Waals surface area contributed by atoms with Gasteiger partial charge in [-0.3, -0.25) is 4.79 Å². The van der Waals surface area contributed by atoms with Gasteiger partial charge in [-0.1, -0.05) is 35.9 Å². The van der Waals surface area contributed by atoms with Gasteiger partial charge < -0.3 is 5.32 Å². The monoisotopic (exact) mass is 352 g/mol. The van der Waals surface area contributed by atoms with Gasteiger partial charge in [0.25, 0.3) is 5.91 Å². The number of aryl methyl sites for hydroxylation is 1. The van der Waals surface area contributed by atoms with Crippen molar-refractivity contribution in [3.63, 3.8) is 0 Å². The first-order chi connectivity index (χ1) is 12.0. The minimum Gasteiger partial charge on any atom is -0.321 e. The van der Waals surface area contributed by atoms with Crippen LogP contribution in [0.2, 0.25) is 0 Å². The van der Waals surface area contributed by atoms with Gasteiger partial charge in [0.2, 0.25) is 10.0 Å². The number of rotatable bonds is 4. The third kappa shape index (κ3) is 2.69. The molecule has 4 rings (SSSR count). The Labute approximate surface area is 145 Å². The van der Waals surface area contributed by atoms with Crippen molar-refractivity contribution in [1.82, 2.24) is 4.72 Å². The molecule has 1 amide bonds. The van der Waals surface area contributed by atoms with Gasteiger partial charge >= 0.3 is 0 Å². The van der Waals surface area contributed by atoms with Crippen LogP contribution in [0.5, 0.6) is 0 Å². The Balaban J connectivity index is 1.67. The van der Waals surface area contributed by atoms with Crippen LogP contribution in [-0.2, 0) is 16.6 Å². The molecule has 0 saturated carbocycles. The zero-order chi connectivity index (χ0) is 17.6. The van der Waals surface area contributed by atoms with E-state index < -0.39 is 10.0 Å². The molecule has 0 radical (unpaired) electrons. The number of sulfonamides is 1. The highest BCUT2D eigenvalue weighted by molar-refractivity contribution is 7.89. The van der Waals surface area contributed by atoms with Crippen LogP contribution >= 0.6 is 0 Å². The number of amides is 1. The molecule has 0 unspecified atom stereocenters. The highest BCUT2D eigenvalue weighted by Gasteiger charge is 2.22. The van der Waals surface area contributed by atoms with Gasteiger partial charge in [-0.15, -0.1) is 0 Å². The molecule has 0 aromatic heterocycles. The zero-order valence-corrected chi connectivity index (χ0v) is 14.4. The van der Waals surface area contributed by atoms with E-state index in [0.717, 1.165) is 27.6 Å². The molecular weight excluding hydrogens is 336 g/mol. The lowest BCUT2D eigenvalue weighted by Crippen LogP contribution is -2.23. The van der Waals surface area contributed by atoms with Crippen molar-refractivity contribution in [2.45, 2.75) is 18.4 Å². The Morgan fingerprint density at radius 1 is 1.00 bits per heavy atom. The fraction of sp³-hybridized carbons (Fsp3) is 0.105. The van der Waals surface area contributed by atoms with Crippen LogP contribution in [-0.4, -0.2) is 14.3 Å². The smallest absolute Gasteiger partial charge is 0.256 e. The lowest BCUT2D eigenvalue weighted by molar-refractivity contribution is 0.103. The molecule has 3 aromatic carbocycles. The van der Waals surface area contributed by atoms with E-state index in [1.54, 1.807) is 30.3 Å². The van der Waals surface area contributed by atoms with Crippen molar-refractivity contribution in [1.29, 1.82) is 0 Å². The van der Waals surface area contributed by atoms with Crippen LogP contribution in [0, 0.1) is 6.92 Å². The Morgan fingerprint density at radius 3 is 2.52 bits per heavy atom. The van der Waals surface area contributed by atoms with Crippen LogP contribution in [0.25, 0.3) is 10.8 Å². The quantitative estimate of drug-likeness (QED) is 0.757. The Kier molecular flexibility index (Phi) is 3.59. The summed E-state index contributed by atoms with van der Waals surface area (Å²) in [5.74, 6) is -0.127. The summed E-state index contributed by atoms with van der Waals surface area (Å²) in [6, 6.07) is 15.9. The molecule has 1 aliphatic rings. The molecular formula is C19H16N2O3S. The first-order valence-electron chi connectivity index (χ1n) is 7.88. The Bertz CT molecular complexity index is 1100. The fourth-order valence-corrected chi connectivity index (χ4v) is 4.08. The first-order valence-corrected chi connectivity index (χ1v) is 9.36. The molecule has 0 saturated heterocycles. The van der Waals surface area contributed by atoms with E-state index in [0.29, 0.717) is 5.56 Å². The molecule has 25 heavy (non-hydrogen) atoms. The number of benzene rings is 3. The summed E-state index contributed by atoms with van der Waals surface area (Å²) in [6.07, 6.45) is 0. The average molecular weight is 352 g/mol. The Hall–Kier alpha value is -2.70. The Morgan fingerprint density at radius 2 is 1.76 bits per heavy atom. The second-order valence-corrected chi connectivity index (χ2v) is 7.86. The average Bonchev–Trinajstić information content (AvgIpc) is 2.93. The summed E-state index contributed by atoms with van der Waals surface area (Å²) in [5, 5.41) is 4.55. The summed E-state index contributed by atoms with van der Waals surface area (Å²) in [4.78, 5) is 12.2. The van der Waals surface area contributed by atoms with Crippen molar-refractivity contribution in [3.8, 4) is 0 Å². The lowest BCUT2D eigenvalue weighted by Gasteiger charge is -2.10. The highest BCUT2D eigenvalue weighted by Crippen LogP contribution is 2.34. The van der Waals surface area contributed by atoms with Crippen LogP contribution in [0.4, 0.5) is 5.69 Å². The van der Waals surface area contributed by atoms with E-state index in [4.69, 9.17) is 0 Å². The first kappa shape index (κ1) is 15.8. The second kappa shape index (κ2) is 5.68. The van der Waals surface area contributed by atoms with E-state index in [1.807, 2.05) is 31.2 Å². The van der Waals surface area contributed by atoms with E-state index in [9.17, 15) is 13.2 Å². The lowest BCUT2D eigenvalue weighted by atomic mass is 10.0. The summed E-state index contributed by atoms with van der Waals surface area (Å²) in [7, 11) is -3.59. The number of anilines is 1. The maximum absolute atomic E-state index is 12.5. The van der Waals surface area contributed by atoms with Gasteiger partial charge in [0.05, 0.1) is 4.90 Å². The standard InChI is InChI=1S/C19H16N2O3S/c1-12-5-8-14(9-6-12)25(23,24)20-11-13-7-10-17-18-15(13)3-2-4-16(18)19(22)21-17/h2-10,20H,11H2,1H3,(H,21,22). The van der Waals surface area contributed by atoms with Gasteiger partial charge in [0, 0.05) is 23.2 Å². The van der Waals surface area contributed by atoms with Crippen LogP contribution in [0.1, 0.15) is 21.5 Å². The molecule has 0 fully saturated rings.